The largest absolute Gasteiger partial charge is 0.495 e. The van der Waals surface area contributed by atoms with Crippen molar-refractivity contribution in [1.82, 2.24) is 4.90 Å². The second-order valence-electron chi connectivity index (χ2n) is 4.13. The van der Waals surface area contributed by atoms with Crippen LogP contribution in [0.25, 0.3) is 0 Å². The molecule has 1 fully saturated rings. The Labute approximate surface area is 106 Å². The van der Waals surface area contributed by atoms with E-state index in [0.29, 0.717) is 17.3 Å². The maximum absolute atomic E-state index is 11.9. The highest BCUT2D eigenvalue weighted by molar-refractivity contribution is 6.31. The number of aryl methyl sites for hydroxylation is 1. The number of hydrogen-bond acceptors (Lipinski definition) is 2. The summed E-state index contributed by atoms with van der Waals surface area (Å²) in [4.78, 5) is 15.3. The normalized spacial score (nSPS) is 15.6. The monoisotopic (exact) mass is 254 g/mol. The summed E-state index contributed by atoms with van der Waals surface area (Å²) >= 11 is 6.04. The first-order valence-corrected chi connectivity index (χ1v) is 5.79. The lowest BCUT2D eigenvalue weighted by Gasteiger charge is -2.20. The number of amides is 2. The number of likely N-dealkylation sites (N-methyl/N-ethyl adjacent to an activating group) is 1. The van der Waals surface area contributed by atoms with Gasteiger partial charge in [0.15, 0.2) is 0 Å². The van der Waals surface area contributed by atoms with E-state index >= 15 is 0 Å². The van der Waals surface area contributed by atoms with E-state index in [9.17, 15) is 4.79 Å². The van der Waals surface area contributed by atoms with Gasteiger partial charge in [-0.15, -0.1) is 0 Å². The number of halogens is 1. The molecule has 0 bridgehead atoms. The lowest BCUT2D eigenvalue weighted by Crippen LogP contribution is -2.29. The van der Waals surface area contributed by atoms with Gasteiger partial charge in [0.2, 0.25) is 0 Å². The van der Waals surface area contributed by atoms with Crippen LogP contribution in [0.15, 0.2) is 12.1 Å². The van der Waals surface area contributed by atoms with E-state index in [1.807, 2.05) is 13.0 Å². The van der Waals surface area contributed by atoms with E-state index in [2.05, 4.69) is 0 Å². The summed E-state index contributed by atoms with van der Waals surface area (Å²) in [6.07, 6.45) is 0. The van der Waals surface area contributed by atoms with Crippen molar-refractivity contribution in [1.29, 1.82) is 0 Å². The number of nitrogens with zero attached hydrogens (tertiary/aromatic N) is 2. The highest BCUT2D eigenvalue weighted by Gasteiger charge is 2.29. The molecule has 2 amide bonds. The van der Waals surface area contributed by atoms with Gasteiger partial charge in [-0.1, -0.05) is 11.6 Å². The molecule has 0 aliphatic carbocycles. The Balaban J connectivity index is 2.44. The summed E-state index contributed by atoms with van der Waals surface area (Å²) in [5, 5.41) is 0.644. The van der Waals surface area contributed by atoms with E-state index in [-0.39, 0.29) is 6.03 Å². The minimum atomic E-state index is -0.00924. The van der Waals surface area contributed by atoms with Crippen LogP contribution in [0.5, 0.6) is 5.75 Å². The van der Waals surface area contributed by atoms with Gasteiger partial charge in [-0.2, -0.15) is 0 Å². The van der Waals surface area contributed by atoms with Gasteiger partial charge in [-0.05, 0) is 18.6 Å². The first-order valence-electron chi connectivity index (χ1n) is 5.41. The van der Waals surface area contributed by atoms with Gasteiger partial charge in [0.1, 0.15) is 5.75 Å². The molecule has 1 aromatic rings. The molecule has 1 aliphatic heterocycles. The summed E-state index contributed by atoms with van der Waals surface area (Å²) in [7, 11) is 3.37. The van der Waals surface area contributed by atoms with Crippen molar-refractivity contribution < 1.29 is 9.53 Å². The van der Waals surface area contributed by atoms with Gasteiger partial charge >= 0.3 is 6.03 Å². The molecule has 1 aromatic carbocycles. The molecule has 5 heteroatoms. The molecule has 2 rings (SSSR count). The smallest absolute Gasteiger partial charge is 0.324 e. The molecule has 1 saturated heterocycles. The predicted octanol–water partition coefficient (Wildman–Crippen LogP) is 2.53. The summed E-state index contributed by atoms with van der Waals surface area (Å²) in [5.74, 6) is 0.629. The standard InChI is InChI=1S/C12H15ClN2O2/c1-8-6-10(11(17-3)7-9(8)13)15-5-4-14(2)12(15)16/h6-7H,4-5H2,1-3H3. The molecule has 1 aliphatic rings. The fourth-order valence-corrected chi connectivity index (χ4v) is 2.05. The van der Waals surface area contributed by atoms with Crippen LogP contribution >= 0.6 is 11.6 Å². The Morgan fingerprint density at radius 2 is 2.06 bits per heavy atom. The van der Waals surface area contributed by atoms with E-state index in [4.69, 9.17) is 16.3 Å². The minimum absolute atomic E-state index is 0.00924. The van der Waals surface area contributed by atoms with Gasteiger partial charge < -0.3 is 9.64 Å². The first kappa shape index (κ1) is 12.0. The maximum Gasteiger partial charge on any atom is 0.324 e. The van der Waals surface area contributed by atoms with E-state index in [1.165, 1.54) is 0 Å². The van der Waals surface area contributed by atoms with Crippen LogP contribution in [0.1, 0.15) is 5.56 Å². The zero-order chi connectivity index (χ0) is 12.6. The van der Waals surface area contributed by atoms with Crippen LogP contribution in [0.4, 0.5) is 10.5 Å². The average Bonchev–Trinajstić information content (AvgIpc) is 2.63. The molecule has 0 atom stereocenters. The number of rotatable bonds is 2. The van der Waals surface area contributed by atoms with E-state index < -0.39 is 0 Å². The second kappa shape index (κ2) is 4.45. The van der Waals surface area contributed by atoms with Crippen molar-refractivity contribution in [3.8, 4) is 5.75 Å². The lowest BCUT2D eigenvalue weighted by molar-refractivity contribution is 0.229. The third-order valence-electron chi connectivity index (χ3n) is 2.97. The van der Waals surface area contributed by atoms with Crippen molar-refractivity contribution in [3.63, 3.8) is 0 Å². The quantitative estimate of drug-likeness (QED) is 0.813. The first-order chi connectivity index (χ1) is 8.04. The summed E-state index contributed by atoms with van der Waals surface area (Å²) < 4.78 is 5.28. The highest BCUT2D eigenvalue weighted by Crippen LogP contribution is 2.35. The second-order valence-corrected chi connectivity index (χ2v) is 4.54. The van der Waals surface area contributed by atoms with Gasteiger partial charge in [-0.3, -0.25) is 4.90 Å². The molecule has 17 heavy (non-hydrogen) atoms. The van der Waals surface area contributed by atoms with Crippen LogP contribution in [0.3, 0.4) is 0 Å². The number of ether oxygens (including phenoxy) is 1. The van der Waals surface area contributed by atoms with Crippen LogP contribution in [0.2, 0.25) is 5.02 Å². The van der Waals surface area contributed by atoms with Crippen molar-refractivity contribution >= 4 is 23.3 Å². The number of anilines is 1. The third-order valence-corrected chi connectivity index (χ3v) is 3.37. The van der Waals surface area contributed by atoms with Crippen molar-refractivity contribution in [2.45, 2.75) is 6.92 Å². The van der Waals surface area contributed by atoms with Crippen LogP contribution in [-0.2, 0) is 0 Å². The van der Waals surface area contributed by atoms with Gasteiger partial charge in [0, 0.05) is 31.2 Å². The van der Waals surface area contributed by atoms with Gasteiger partial charge in [0.25, 0.3) is 0 Å². The molecule has 0 unspecified atom stereocenters. The Bertz CT molecular complexity index is 462. The molecule has 0 aromatic heterocycles. The fourth-order valence-electron chi connectivity index (χ4n) is 1.89. The molecule has 1 heterocycles. The Morgan fingerprint density at radius 3 is 2.59 bits per heavy atom. The maximum atomic E-state index is 11.9. The number of urea groups is 1. The third kappa shape index (κ3) is 2.05. The average molecular weight is 255 g/mol. The summed E-state index contributed by atoms with van der Waals surface area (Å²) in [6, 6.07) is 3.63. The Kier molecular flexibility index (Phi) is 3.15. The van der Waals surface area contributed by atoms with E-state index in [1.54, 1.807) is 30.0 Å². The molecule has 92 valence electrons. The zero-order valence-corrected chi connectivity index (χ0v) is 10.9. The fraction of sp³-hybridized carbons (Fsp3) is 0.417. The topological polar surface area (TPSA) is 32.8 Å². The number of carbonyl (C=O) groups is 1. The van der Waals surface area contributed by atoms with Crippen LogP contribution in [-0.4, -0.2) is 38.2 Å². The van der Waals surface area contributed by atoms with Crippen molar-refractivity contribution in [2.75, 3.05) is 32.1 Å². The summed E-state index contributed by atoms with van der Waals surface area (Å²) in [6.45, 7) is 3.31. The number of methoxy groups -OCH3 is 1. The molecule has 4 nitrogen and oxygen atoms in total. The Hall–Kier alpha value is -1.42. The predicted molar refractivity (Wildman–Crippen MR) is 68.1 cm³/mol. The zero-order valence-electron chi connectivity index (χ0n) is 10.2. The Morgan fingerprint density at radius 1 is 1.35 bits per heavy atom. The molecule has 0 spiro atoms. The number of carbonyl (C=O) groups excluding carboxylic acids is 1. The van der Waals surface area contributed by atoms with Crippen LogP contribution in [0, 0.1) is 6.92 Å². The molecular formula is C12H15ClN2O2. The SMILES string of the molecule is COc1cc(Cl)c(C)cc1N1CCN(C)C1=O. The number of benzene rings is 1. The van der Waals surface area contributed by atoms with Crippen molar-refractivity contribution in [3.05, 3.63) is 22.7 Å². The van der Waals surface area contributed by atoms with Crippen molar-refractivity contribution in [2.24, 2.45) is 0 Å². The van der Waals surface area contributed by atoms with Gasteiger partial charge in [-0.25, -0.2) is 4.79 Å². The van der Waals surface area contributed by atoms with Crippen LogP contribution < -0.4 is 9.64 Å². The summed E-state index contributed by atoms with van der Waals surface area (Å²) in [5.41, 5.74) is 1.72. The molecule has 0 N–H and O–H groups in total. The van der Waals surface area contributed by atoms with E-state index in [0.717, 1.165) is 17.8 Å². The van der Waals surface area contributed by atoms with Gasteiger partial charge in [0.05, 0.1) is 12.8 Å². The molecular weight excluding hydrogens is 240 g/mol. The molecule has 0 saturated carbocycles. The lowest BCUT2D eigenvalue weighted by atomic mass is 10.2. The number of hydrogen-bond donors (Lipinski definition) is 0. The minimum Gasteiger partial charge on any atom is -0.495 e. The molecule has 0 radical (unpaired) electrons. The highest BCUT2D eigenvalue weighted by atomic mass is 35.5.